The van der Waals surface area contributed by atoms with Crippen LogP contribution in [0.15, 0.2) is 12.3 Å². The lowest BCUT2D eigenvalue weighted by Crippen LogP contribution is -2.31. The smallest absolute Gasteiger partial charge is 0.179 e. The fraction of sp³-hybridized carbons (Fsp3) is 0.571. The third kappa shape index (κ3) is 2.44. The van der Waals surface area contributed by atoms with Crippen molar-refractivity contribution >= 4 is 23.4 Å². The Kier molecular flexibility index (Phi) is 3.19. The average molecular weight is 277 g/mol. The molecule has 4 nitrogen and oxygen atoms in total. The number of hydrogen-bond donors (Lipinski definition) is 1. The third-order valence-corrected chi connectivity index (χ3v) is 4.31. The number of hydrogen-bond acceptors (Lipinski definition) is 3. The summed E-state index contributed by atoms with van der Waals surface area (Å²) in [7, 11) is 0. The highest BCUT2D eigenvalue weighted by Gasteiger charge is 2.28. The fourth-order valence-corrected chi connectivity index (χ4v) is 2.96. The van der Waals surface area contributed by atoms with Gasteiger partial charge in [0.1, 0.15) is 0 Å². The summed E-state index contributed by atoms with van der Waals surface area (Å²) in [5.41, 5.74) is 3.38. The van der Waals surface area contributed by atoms with Crippen LogP contribution < -0.4 is 0 Å². The third-order valence-electron chi connectivity index (χ3n) is 3.99. The van der Waals surface area contributed by atoms with Gasteiger partial charge in [-0.3, -0.25) is 0 Å². The van der Waals surface area contributed by atoms with Gasteiger partial charge >= 0.3 is 0 Å². The Bertz CT molecular complexity index is 652. The van der Waals surface area contributed by atoms with Gasteiger partial charge in [0.15, 0.2) is 10.4 Å². The zero-order chi connectivity index (χ0) is 13.5. The average Bonchev–Trinajstić information content (AvgIpc) is 2.65. The van der Waals surface area contributed by atoms with Crippen LogP contribution in [0, 0.1) is 17.1 Å². The molecule has 0 radical (unpaired) electrons. The summed E-state index contributed by atoms with van der Waals surface area (Å²) in [6.45, 7) is 6.95. The molecule has 0 aromatic carbocycles. The van der Waals surface area contributed by atoms with Crippen LogP contribution in [0.3, 0.4) is 0 Å². The van der Waals surface area contributed by atoms with Crippen LogP contribution in [0.25, 0.3) is 11.2 Å². The lowest BCUT2D eigenvalue weighted by atomic mass is 9.82. The van der Waals surface area contributed by atoms with Crippen molar-refractivity contribution in [3.8, 4) is 0 Å². The molecule has 1 N–H and O–H groups in total. The van der Waals surface area contributed by atoms with Crippen LogP contribution >= 0.6 is 12.2 Å². The minimum Gasteiger partial charge on any atom is -0.381 e. The first-order valence-electron chi connectivity index (χ1n) is 6.70. The van der Waals surface area contributed by atoms with E-state index < -0.39 is 0 Å². The number of aromatic amines is 1. The zero-order valence-electron chi connectivity index (χ0n) is 11.4. The number of fused-ring (bicyclic) bond motifs is 1. The first-order valence-corrected chi connectivity index (χ1v) is 7.11. The van der Waals surface area contributed by atoms with Crippen LogP contribution in [-0.4, -0.2) is 27.7 Å². The Morgan fingerprint density at radius 3 is 2.95 bits per heavy atom. The van der Waals surface area contributed by atoms with E-state index >= 15 is 0 Å². The van der Waals surface area contributed by atoms with E-state index in [1.54, 1.807) is 0 Å². The molecule has 1 saturated heterocycles. The monoisotopic (exact) mass is 277 g/mol. The van der Waals surface area contributed by atoms with Crippen LogP contribution in [0.2, 0.25) is 0 Å². The van der Waals surface area contributed by atoms with E-state index in [1.165, 1.54) is 0 Å². The Morgan fingerprint density at radius 2 is 2.21 bits per heavy atom. The molecule has 0 bridgehead atoms. The maximum absolute atomic E-state index is 5.46. The molecule has 1 fully saturated rings. The van der Waals surface area contributed by atoms with Crippen LogP contribution in [0.1, 0.15) is 25.3 Å². The van der Waals surface area contributed by atoms with Gasteiger partial charge in [-0.1, -0.05) is 6.92 Å². The Balaban J connectivity index is 2.00. The van der Waals surface area contributed by atoms with Crippen LogP contribution in [0.4, 0.5) is 0 Å². The predicted octanol–water partition coefficient (Wildman–Crippen LogP) is 3.22. The molecule has 19 heavy (non-hydrogen) atoms. The van der Waals surface area contributed by atoms with Gasteiger partial charge in [-0.2, -0.15) is 0 Å². The molecule has 0 atom stereocenters. The Morgan fingerprint density at radius 1 is 1.47 bits per heavy atom. The van der Waals surface area contributed by atoms with Gasteiger partial charge < -0.3 is 14.3 Å². The maximum Gasteiger partial charge on any atom is 0.179 e. The highest BCUT2D eigenvalue weighted by Crippen LogP contribution is 2.32. The topological polar surface area (TPSA) is 42.8 Å². The second-order valence-corrected chi connectivity index (χ2v) is 6.21. The molecular formula is C14H19N3OS. The molecule has 102 valence electrons. The quantitative estimate of drug-likeness (QED) is 0.857. The molecule has 3 heterocycles. The first kappa shape index (κ1) is 12.8. The standard InChI is InChI=1S/C14H19N3OS/c1-10-7-11-12(15-8-10)17(13(19)16-11)9-14(2)3-5-18-6-4-14/h7-8H,3-6,9H2,1-2H3,(H,16,19). The van der Waals surface area contributed by atoms with Crippen LogP contribution in [0.5, 0.6) is 0 Å². The van der Waals surface area contributed by atoms with Gasteiger partial charge in [-0.25, -0.2) is 4.98 Å². The molecule has 5 heteroatoms. The number of nitrogens with one attached hydrogen (secondary N) is 1. The number of nitrogens with zero attached hydrogens (tertiary/aromatic N) is 2. The maximum atomic E-state index is 5.46. The number of ether oxygens (including phenoxy) is 1. The second kappa shape index (κ2) is 4.72. The number of pyridine rings is 1. The normalized spacial score (nSPS) is 18.8. The van der Waals surface area contributed by atoms with Gasteiger partial charge in [0.2, 0.25) is 0 Å². The highest BCUT2D eigenvalue weighted by molar-refractivity contribution is 7.71. The predicted molar refractivity (Wildman–Crippen MR) is 77.8 cm³/mol. The van der Waals surface area contributed by atoms with Crippen molar-refractivity contribution in [2.24, 2.45) is 5.41 Å². The summed E-state index contributed by atoms with van der Waals surface area (Å²) in [4.78, 5) is 7.79. The molecule has 0 saturated carbocycles. The molecule has 3 rings (SSSR count). The Labute approximate surface area is 117 Å². The minimum atomic E-state index is 0.248. The van der Waals surface area contributed by atoms with Crippen molar-refractivity contribution in [3.63, 3.8) is 0 Å². The lowest BCUT2D eigenvalue weighted by molar-refractivity contribution is 0.0158. The largest absolute Gasteiger partial charge is 0.381 e. The number of aromatic nitrogens is 3. The summed E-state index contributed by atoms with van der Waals surface area (Å²) < 4.78 is 8.36. The summed E-state index contributed by atoms with van der Waals surface area (Å²) >= 11 is 5.45. The molecule has 0 amide bonds. The molecular weight excluding hydrogens is 258 g/mol. The summed E-state index contributed by atoms with van der Waals surface area (Å²) in [6.07, 6.45) is 4.05. The van der Waals surface area contributed by atoms with E-state index in [4.69, 9.17) is 17.0 Å². The minimum absolute atomic E-state index is 0.248. The lowest BCUT2D eigenvalue weighted by Gasteiger charge is -2.33. The van der Waals surface area contributed by atoms with Gasteiger partial charge in [0.25, 0.3) is 0 Å². The summed E-state index contributed by atoms with van der Waals surface area (Å²) in [5, 5.41) is 0. The number of rotatable bonds is 2. The number of H-pyrrole nitrogens is 1. The highest BCUT2D eigenvalue weighted by atomic mass is 32.1. The SMILES string of the molecule is Cc1cnc2c(c1)[nH]c(=S)n2CC1(C)CCOCC1. The number of imidazole rings is 1. The number of aryl methyl sites for hydroxylation is 1. The van der Waals surface area contributed by atoms with Crippen molar-refractivity contribution in [1.82, 2.24) is 14.5 Å². The van der Waals surface area contributed by atoms with E-state index in [0.29, 0.717) is 0 Å². The van der Waals surface area contributed by atoms with Gasteiger partial charge in [-0.05, 0) is 49.0 Å². The van der Waals surface area contributed by atoms with Crippen LogP contribution in [-0.2, 0) is 11.3 Å². The van der Waals surface area contributed by atoms with Crippen molar-refractivity contribution < 1.29 is 4.74 Å². The Hall–Kier alpha value is -1.20. The van der Waals surface area contributed by atoms with E-state index in [2.05, 4.69) is 27.5 Å². The van der Waals surface area contributed by atoms with Crippen molar-refractivity contribution in [2.75, 3.05) is 13.2 Å². The van der Waals surface area contributed by atoms with E-state index in [9.17, 15) is 0 Å². The molecule has 0 spiro atoms. The molecule has 0 unspecified atom stereocenters. The molecule has 1 aliphatic rings. The van der Waals surface area contributed by atoms with Gasteiger partial charge in [0, 0.05) is 26.0 Å². The van der Waals surface area contributed by atoms with Crippen molar-refractivity contribution in [3.05, 3.63) is 22.6 Å². The molecule has 2 aromatic heterocycles. The molecule has 2 aromatic rings. The van der Waals surface area contributed by atoms with Crippen molar-refractivity contribution in [2.45, 2.75) is 33.2 Å². The van der Waals surface area contributed by atoms with E-state index in [1.807, 2.05) is 13.1 Å². The zero-order valence-corrected chi connectivity index (χ0v) is 12.2. The fourth-order valence-electron chi connectivity index (χ4n) is 2.70. The molecule has 1 aliphatic heterocycles. The van der Waals surface area contributed by atoms with Gasteiger partial charge in [0.05, 0.1) is 5.52 Å². The summed E-state index contributed by atoms with van der Waals surface area (Å²) in [6, 6.07) is 2.10. The van der Waals surface area contributed by atoms with E-state index in [0.717, 1.165) is 54.1 Å². The molecule has 0 aliphatic carbocycles. The van der Waals surface area contributed by atoms with E-state index in [-0.39, 0.29) is 5.41 Å². The summed E-state index contributed by atoms with van der Waals surface area (Å²) in [5.74, 6) is 0. The first-order chi connectivity index (χ1) is 9.07. The second-order valence-electron chi connectivity index (χ2n) is 5.82. The van der Waals surface area contributed by atoms with Gasteiger partial charge in [-0.15, -0.1) is 0 Å². The van der Waals surface area contributed by atoms with Crippen molar-refractivity contribution in [1.29, 1.82) is 0 Å².